The number of anilines is 1. The van der Waals surface area contributed by atoms with E-state index in [9.17, 15) is 9.59 Å². The summed E-state index contributed by atoms with van der Waals surface area (Å²) >= 11 is 3.48. The molecule has 0 aliphatic carbocycles. The van der Waals surface area contributed by atoms with E-state index in [1.807, 2.05) is 26.0 Å². The third-order valence-corrected chi connectivity index (χ3v) is 4.37. The molecular formula is C15H18BrNO3. The fourth-order valence-corrected chi connectivity index (χ4v) is 2.87. The maximum Gasteiger partial charge on any atom is 0.311 e. The highest BCUT2D eigenvalue weighted by molar-refractivity contribution is 9.10. The molecular weight excluding hydrogens is 322 g/mol. The van der Waals surface area contributed by atoms with Gasteiger partial charge in [-0.15, -0.1) is 0 Å². The van der Waals surface area contributed by atoms with Crippen molar-refractivity contribution >= 4 is 33.5 Å². The maximum absolute atomic E-state index is 12.1. The second-order valence-electron chi connectivity index (χ2n) is 5.05. The average Bonchev–Trinajstić information content (AvgIpc) is 2.76. The number of hydrogen-bond acceptors (Lipinski definition) is 3. The number of aryl methyl sites for hydroxylation is 2. The van der Waals surface area contributed by atoms with Crippen LogP contribution in [0.5, 0.6) is 0 Å². The molecule has 20 heavy (non-hydrogen) atoms. The monoisotopic (exact) mass is 339 g/mol. The molecule has 1 saturated heterocycles. The second kappa shape index (κ2) is 5.95. The molecule has 0 aromatic heterocycles. The molecule has 0 spiro atoms. The van der Waals surface area contributed by atoms with Gasteiger partial charge in [0, 0.05) is 23.1 Å². The lowest BCUT2D eigenvalue weighted by molar-refractivity contribution is -0.147. The van der Waals surface area contributed by atoms with Gasteiger partial charge in [-0.3, -0.25) is 9.59 Å². The van der Waals surface area contributed by atoms with Gasteiger partial charge in [0.2, 0.25) is 5.91 Å². The molecule has 2 rings (SSSR count). The topological polar surface area (TPSA) is 46.6 Å². The molecule has 1 aliphatic heterocycles. The Morgan fingerprint density at radius 1 is 1.40 bits per heavy atom. The third kappa shape index (κ3) is 2.87. The Bertz CT molecular complexity index is 556. The smallest absolute Gasteiger partial charge is 0.311 e. The number of rotatable bonds is 3. The molecule has 4 nitrogen and oxygen atoms in total. The summed E-state index contributed by atoms with van der Waals surface area (Å²) in [5, 5.41) is 0. The van der Waals surface area contributed by atoms with Crippen molar-refractivity contribution in [1.29, 1.82) is 0 Å². The second-order valence-corrected chi connectivity index (χ2v) is 5.90. The molecule has 1 unspecified atom stereocenters. The fraction of sp³-hybridized carbons (Fsp3) is 0.467. The Labute approximate surface area is 127 Å². The van der Waals surface area contributed by atoms with E-state index in [-0.39, 0.29) is 24.2 Å². The quantitative estimate of drug-likeness (QED) is 0.795. The number of ether oxygens (including phenoxy) is 1. The van der Waals surface area contributed by atoms with Gasteiger partial charge in [0.05, 0.1) is 12.5 Å². The number of halogens is 1. The van der Waals surface area contributed by atoms with Crippen LogP contribution in [0.25, 0.3) is 0 Å². The molecule has 1 atom stereocenters. The van der Waals surface area contributed by atoms with Crippen LogP contribution in [0.4, 0.5) is 5.69 Å². The lowest BCUT2D eigenvalue weighted by Crippen LogP contribution is -2.27. The molecule has 108 valence electrons. The van der Waals surface area contributed by atoms with Crippen molar-refractivity contribution in [3.63, 3.8) is 0 Å². The number of esters is 1. The summed E-state index contributed by atoms with van der Waals surface area (Å²) in [4.78, 5) is 25.6. The lowest BCUT2D eigenvalue weighted by Gasteiger charge is -2.20. The first-order chi connectivity index (χ1) is 9.43. The highest BCUT2D eigenvalue weighted by Crippen LogP contribution is 2.32. The standard InChI is InChI=1S/C15H18BrNO3/c1-4-20-15(19)11-7-14(18)17(8-11)13-6-9(2)12(16)5-10(13)3/h5-6,11H,4,7-8H2,1-3H3. The van der Waals surface area contributed by atoms with Gasteiger partial charge in [-0.2, -0.15) is 0 Å². The summed E-state index contributed by atoms with van der Waals surface area (Å²) in [6.45, 7) is 6.47. The Balaban J connectivity index is 2.24. The highest BCUT2D eigenvalue weighted by atomic mass is 79.9. The average molecular weight is 340 g/mol. The minimum absolute atomic E-state index is 0.0205. The molecule has 0 bridgehead atoms. The van der Waals surface area contributed by atoms with Gasteiger partial charge >= 0.3 is 5.97 Å². The van der Waals surface area contributed by atoms with Gasteiger partial charge in [0.15, 0.2) is 0 Å². The van der Waals surface area contributed by atoms with Gasteiger partial charge in [-0.1, -0.05) is 15.9 Å². The van der Waals surface area contributed by atoms with E-state index in [0.717, 1.165) is 21.3 Å². The number of hydrogen-bond donors (Lipinski definition) is 0. The maximum atomic E-state index is 12.1. The van der Waals surface area contributed by atoms with E-state index < -0.39 is 0 Å². The zero-order chi connectivity index (χ0) is 14.9. The van der Waals surface area contributed by atoms with Crippen molar-refractivity contribution in [2.75, 3.05) is 18.1 Å². The Hall–Kier alpha value is -1.36. The van der Waals surface area contributed by atoms with Gasteiger partial charge in [-0.05, 0) is 44.0 Å². The number of nitrogens with zero attached hydrogens (tertiary/aromatic N) is 1. The molecule has 5 heteroatoms. The van der Waals surface area contributed by atoms with Crippen LogP contribution >= 0.6 is 15.9 Å². The number of carbonyl (C=O) groups excluding carboxylic acids is 2. The van der Waals surface area contributed by atoms with Gasteiger partial charge in [-0.25, -0.2) is 0 Å². The SMILES string of the molecule is CCOC(=O)C1CC(=O)N(c2cc(C)c(Br)cc2C)C1. The van der Waals surface area contributed by atoms with Crippen LogP contribution < -0.4 is 4.90 Å². The Kier molecular flexibility index (Phi) is 4.48. The summed E-state index contributed by atoms with van der Waals surface area (Å²) in [6.07, 6.45) is 0.230. The van der Waals surface area contributed by atoms with E-state index in [2.05, 4.69) is 15.9 Å². The van der Waals surface area contributed by atoms with Crippen molar-refractivity contribution in [2.45, 2.75) is 27.2 Å². The van der Waals surface area contributed by atoms with Gasteiger partial charge < -0.3 is 9.64 Å². The van der Waals surface area contributed by atoms with Crippen LogP contribution in [0.2, 0.25) is 0 Å². The minimum Gasteiger partial charge on any atom is -0.466 e. The number of amides is 1. The molecule has 0 saturated carbocycles. The number of benzene rings is 1. The van der Waals surface area contributed by atoms with Crippen molar-refractivity contribution in [3.8, 4) is 0 Å². The normalized spacial score (nSPS) is 18.5. The Morgan fingerprint density at radius 3 is 2.75 bits per heavy atom. The van der Waals surface area contributed by atoms with Crippen LogP contribution in [-0.2, 0) is 14.3 Å². The van der Waals surface area contributed by atoms with E-state index in [4.69, 9.17) is 4.74 Å². The van der Waals surface area contributed by atoms with Gasteiger partial charge in [0.1, 0.15) is 0 Å². The molecule has 1 aromatic carbocycles. The lowest BCUT2D eigenvalue weighted by atomic mass is 10.1. The summed E-state index contributed by atoms with van der Waals surface area (Å²) in [7, 11) is 0. The highest BCUT2D eigenvalue weighted by Gasteiger charge is 2.36. The fourth-order valence-electron chi connectivity index (χ4n) is 2.41. The zero-order valence-corrected chi connectivity index (χ0v) is 13.5. The first-order valence-corrected chi connectivity index (χ1v) is 7.47. The molecule has 1 heterocycles. The molecule has 0 N–H and O–H groups in total. The summed E-state index contributed by atoms with van der Waals surface area (Å²) in [6, 6.07) is 3.97. The predicted molar refractivity (Wildman–Crippen MR) is 80.7 cm³/mol. The molecule has 1 fully saturated rings. The van der Waals surface area contributed by atoms with E-state index in [0.29, 0.717) is 13.2 Å². The third-order valence-electron chi connectivity index (χ3n) is 3.51. The Morgan fingerprint density at radius 2 is 2.10 bits per heavy atom. The van der Waals surface area contributed by atoms with Gasteiger partial charge in [0.25, 0.3) is 0 Å². The van der Waals surface area contributed by atoms with Crippen molar-refractivity contribution in [3.05, 3.63) is 27.7 Å². The van der Waals surface area contributed by atoms with Crippen LogP contribution in [0, 0.1) is 19.8 Å². The minimum atomic E-state index is -0.356. The first-order valence-electron chi connectivity index (χ1n) is 6.67. The van der Waals surface area contributed by atoms with Crippen molar-refractivity contribution < 1.29 is 14.3 Å². The van der Waals surface area contributed by atoms with Crippen LogP contribution in [0.3, 0.4) is 0 Å². The van der Waals surface area contributed by atoms with Crippen LogP contribution in [-0.4, -0.2) is 25.0 Å². The van der Waals surface area contributed by atoms with E-state index in [1.165, 1.54) is 0 Å². The molecule has 1 aromatic rings. The largest absolute Gasteiger partial charge is 0.466 e. The summed E-state index contributed by atoms with van der Waals surface area (Å²) in [5.41, 5.74) is 2.96. The zero-order valence-electron chi connectivity index (χ0n) is 11.9. The molecule has 0 radical (unpaired) electrons. The summed E-state index contributed by atoms with van der Waals surface area (Å²) in [5.74, 6) is -0.659. The van der Waals surface area contributed by atoms with Crippen molar-refractivity contribution in [2.24, 2.45) is 5.92 Å². The molecule has 1 aliphatic rings. The first kappa shape index (κ1) is 15.0. The van der Waals surface area contributed by atoms with E-state index >= 15 is 0 Å². The summed E-state index contributed by atoms with van der Waals surface area (Å²) < 4.78 is 6.03. The molecule has 1 amide bonds. The van der Waals surface area contributed by atoms with Crippen LogP contribution in [0.1, 0.15) is 24.5 Å². The van der Waals surface area contributed by atoms with Crippen LogP contribution in [0.15, 0.2) is 16.6 Å². The predicted octanol–water partition coefficient (Wildman–Crippen LogP) is 2.98. The number of carbonyl (C=O) groups is 2. The van der Waals surface area contributed by atoms with Crippen molar-refractivity contribution in [1.82, 2.24) is 0 Å². The van der Waals surface area contributed by atoms with E-state index in [1.54, 1.807) is 11.8 Å².